The molecule has 0 fully saturated rings. The summed E-state index contributed by atoms with van der Waals surface area (Å²) in [5.74, 6) is 1.03. The van der Waals surface area contributed by atoms with E-state index in [1.807, 2.05) is 0 Å². The van der Waals surface area contributed by atoms with Gasteiger partial charge in [0.15, 0.2) is 0 Å². The summed E-state index contributed by atoms with van der Waals surface area (Å²) in [6.07, 6.45) is 3.80. The van der Waals surface area contributed by atoms with Gasteiger partial charge in [-0.1, -0.05) is 19.9 Å². The fraction of sp³-hybridized carbons (Fsp3) is 0.571. The van der Waals surface area contributed by atoms with Crippen molar-refractivity contribution in [1.29, 1.82) is 0 Å². The molecule has 1 aliphatic carbocycles. The average Bonchev–Trinajstić information content (AvgIpc) is 2.18. The minimum atomic E-state index is 0.338. The van der Waals surface area contributed by atoms with Gasteiger partial charge in [-0.2, -0.15) is 0 Å². The molecule has 0 heterocycles. The van der Waals surface area contributed by atoms with E-state index in [-0.39, 0.29) is 0 Å². The Morgan fingerprint density at radius 3 is 2.67 bits per heavy atom. The lowest BCUT2D eigenvalue weighted by atomic mass is 9.72. The van der Waals surface area contributed by atoms with Crippen molar-refractivity contribution in [3.05, 3.63) is 28.8 Å². The second kappa shape index (κ2) is 3.55. The van der Waals surface area contributed by atoms with E-state index in [0.717, 1.165) is 5.75 Å². The number of ether oxygens (including phenoxy) is 1. The molecule has 0 N–H and O–H groups in total. The van der Waals surface area contributed by atoms with Crippen molar-refractivity contribution < 1.29 is 4.74 Å². The van der Waals surface area contributed by atoms with Gasteiger partial charge in [0.1, 0.15) is 5.75 Å². The summed E-state index contributed by atoms with van der Waals surface area (Å²) in [4.78, 5) is 0. The lowest BCUT2D eigenvalue weighted by Crippen LogP contribution is -2.24. The van der Waals surface area contributed by atoms with Crippen LogP contribution in [0.5, 0.6) is 5.75 Å². The number of aryl methyl sites for hydroxylation is 2. The van der Waals surface area contributed by atoms with Gasteiger partial charge in [-0.15, -0.1) is 0 Å². The molecule has 0 bridgehead atoms. The second-order valence-corrected chi connectivity index (χ2v) is 5.22. The lowest BCUT2D eigenvalue weighted by Gasteiger charge is -2.33. The van der Waals surface area contributed by atoms with Gasteiger partial charge in [-0.05, 0) is 54.4 Å². The van der Waals surface area contributed by atoms with E-state index in [1.54, 1.807) is 7.11 Å². The summed E-state index contributed by atoms with van der Waals surface area (Å²) < 4.78 is 5.38. The zero-order valence-corrected chi connectivity index (χ0v) is 10.2. The fourth-order valence-corrected chi connectivity index (χ4v) is 2.64. The molecule has 1 aromatic rings. The Labute approximate surface area is 92.5 Å². The molecular formula is C14H20O. The first kappa shape index (κ1) is 10.5. The average molecular weight is 204 g/mol. The topological polar surface area (TPSA) is 9.23 Å². The lowest BCUT2D eigenvalue weighted by molar-refractivity contribution is 0.402. The van der Waals surface area contributed by atoms with Crippen LogP contribution in [-0.2, 0) is 11.8 Å². The van der Waals surface area contributed by atoms with Gasteiger partial charge in [-0.25, -0.2) is 0 Å². The summed E-state index contributed by atoms with van der Waals surface area (Å²) in [5.41, 5.74) is 4.59. The third kappa shape index (κ3) is 1.75. The molecule has 1 aliphatic rings. The maximum atomic E-state index is 5.38. The van der Waals surface area contributed by atoms with Crippen LogP contribution in [0.15, 0.2) is 12.1 Å². The third-order valence-corrected chi connectivity index (χ3v) is 3.60. The molecule has 0 aromatic heterocycles. The van der Waals surface area contributed by atoms with E-state index in [0.29, 0.717) is 5.41 Å². The van der Waals surface area contributed by atoms with Gasteiger partial charge in [0.25, 0.3) is 0 Å². The van der Waals surface area contributed by atoms with Gasteiger partial charge in [0.2, 0.25) is 0 Å². The summed E-state index contributed by atoms with van der Waals surface area (Å²) in [6.45, 7) is 6.82. The van der Waals surface area contributed by atoms with Crippen molar-refractivity contribution >= 4 is 0 Å². The number of rotatable bonds is 1. The number of methoxy groups -OCH3 is 1. The third-order valence-electron chi connectivity index (χ3n) is 3.60. The quantitative estimate of drug-likeness (QED) is 0.679. The van der Waals surface area contributed by atoms with Crippen LogP contribution in [0.4, 0.5) is 0 Å². The van der Waals surface area contributed by atoms with Crippen LogP contribution in [0.25, 0.3) is 0 Å². The molecule has 0 saturated carbocycles. The molecule has 82 valence electrons. The van der Waals surface area contributed by atoms with Crippen molar-refractivity contribution in [3.63, 3.8) is 0 Å². The van der Waals surface area contributed by atoms with Crippen LogP contribution < -0.4 is 4.74 Å². The highest BCUT2D eigenvalue weighted by Gasteiger charge is 2.27. The molecule has 1 aromatic carbocycles. The Morgan fingerprint density at radius 2 is 2.00 bits per heavy atom. The number of benzene rings is 1. The van der Waals surface area contributed by atoms with Crippen molar-refractivity contribution in [1.82, 2.24) is 0 Å². The predicted molar refractivity (Wildman–Crippen MR) is 63.7 cm³/mol. The van der Waals surface area contributed by atoms with Crippen molar-refractivity contribution in [2.75, 3.05) is 7.11 Å². The van der Waals surface area contributed by atoms with Gasteiger partial charge < -0.3 is 4.74 Å². The van der Waals surface area contributed by atoms with E-state index in [4.69, 9.17) is 4.74 Å². The van der Waals surface area contributed by atoms with E-state index in [1.165, 1.54) is 36.0 Å². The zero-order chi connectivity index (χ0) is 11.1. The molecular weight excluding hydrogens is 184 g/mol. The van der Waals surface area contributed by atoms with Crippen LogP contribution in [0.3, 0.4) is 0 Å². The zero-order valence-electron chi connectivity index (χ0n) is 10.2. The Kier molecular flexibility index (Phi) is 2.49. The minimum Gasteiger partial charge on any atom is -0.496 e. The SMILES string of the molecule is COc1cc2c(cc1C)C(C)(C)CCC2. The fourth-order valence-electron chi connectivity index (χ4n) is 2.64. The van der Waals surface area contributed by atoms with E-state index < -0.39 is 0 Å². The van der Waals surface area contributed by atoms with E-state index >= 15 is 0 Å². The standard InChI is InChI=1S/C14H20O/c1-10-8-12-11(9-13(10)15-4)6-5-7-14(12,2)3/h8-9H,5-7H2,1-4H3. The first-order valence-corrected chi connectivity index (χ1v) is 5.72. The van der Waals surface area contributed by atoms with Crippen LogP contribution >= 0.6 is 0 Å². The van der Waals surface area contributed by atoms with Crippen molar-refractivity contribution in [2.24, 2.45) is 0 Å². The molecule has 0 saturated heterocycles. The molecule has 2 rings (SSSR count). The summed E-state index contributed by atoms with van der Waals surface area (Å²) in [7, 11) is 1.75. The Morgan fingerprint density at radius 1 is 1.27 bits per heavy atom. The molecule has 0 spiro atoms. The molecule has 1 heteroatoms. The summed E-state index contributed by atoms with van der Waals surface area (Å²) in [6, 6.07) is 4.54. The van der Waals surface area contributed by atoms with Gasteiger partial charge in [0.05, 0.1) is 7.11 Å². The minimum absolute atomic E-state index is 0.338. The molecule has 0 amide bonds. The van der Waals surface area contributed by atoms with Gasteiger partial charge in [-0.3, -0.25) is 0 Å². The molecule has 0 aliphatic heterocycles. The van der Waals surface area contributed by atoms with Crippen LogP contribution in [-0.4, -0.2) is 7.11 Å². The van der Waals surface area contributed by atoms with Crippen LogP contribution in [0.2, 0.25) is 0 Å². The van der Waals surface area contributed by atoms with Crippen molar-refractivity contribution in [3.8, 4) is 5.75 Å². The molecule has 0 unspecified atom stereocenters. The number of fused-ring (bicyclic) bond motifs is 1. The summed E-state index contributed by atoms with van der Waals surface area (Å²) in [5, 5.41) is 0. The predicted octanol–water partition coefficient (Wildman–Crippen LogP) is 3.62. The Hall–Kier alpha value is -0.980. The Balaban J connectivity index is 2.55. The van der Waals surface area contributed by atoms with Crippen molar-refractivity contribution in [2.45, 2.75) is 45.4 Å². The maximum Gasteiger partial charge on any atom is 0.122 e. The highest BCUT2D eigenvalue weighted by molar-refractivity contribution is 5.46. The molecule has 15 heavy (non-hydrogen) atoms. The number of hydrogen-bond donors (Lipinski definition) is 0. The van der Waals surface area contributed by atoms with Gasteiger partial charge >= 0.3 is 0 Å². The molecule has 1 nitrogen and oxygen atoms in total. The van der Waals surface area contributed by atoms with Crippen LogP contribution in [0.1, 0.15) is 43.4 Å². The Bertz CT molecular complexity index is 377. The maximum absolute atomic E-state index is 5.38. The first-order chi connectivity index (χ1) is 7.04. The first-order valence-electron chi connectivity index (χ1n) is 5.72. The van der Waals surface area contributed by atoms with Crippen LogP contribution in [0, 0.1) is 6.92 Å². The normalized spacial score (nSPS) is 18.4. The van der Waals surface area contributed by atoms with E-state index in [9.17, 15) is 0 Å². The highest BCUT2D eigenvalue weighted by atomic mass is 16.5. The van der Waals surface area contributed by atoms with Gasteiger partial charge in [0, 0.05) is 0 Å². The largest absolute Gasteiger partial charge is 0.496 e. The smallest absolute Gasteiger partial charge is 0.122 e. The monoisotopic (exact) mass is 204 g/mol. The molecule has 0 radical (unpaired) electrons. The van der Waals surface area contributed by atoms with E-state index in [2.05, 4.69) is 32.9 Å². The number of hydrogen-bond acceptors (Lipinski definition) is 1. The highest BCUT2D eigenvalue weighted by Crippen LogP contribution is 2.39. The second-order valence-electron chi connectivity index (χ2n) is 5.22. The summed E-state index contributed by atoms with van der Waals surface area (Å²) >= 11 is 0. The molecule has 0 atom stereocenters.